The Morgan fingerprint density at radius 1 is 1.50 bits per heavy atom. The third kappa shape index (κ3) is 2.81. The number of nitrogens with one attached hydrogen (secondary N) is 1. The minimum Gasteiger partial charge on any atom is -0.481 e. The lowest BCUT2D eigenvalue weighted by atomic mass is 10.2. The molecule has 1 fully saturated rings. The Hall–Kier alpha value is -1.43. The molecule has 0 aliphatic carbocycles. The van der Waals surface area contributed by atoms with E-state index in [2.05, 4.69) is 5.32 Å². The molecule has 0 aromatic carbocycles. The molecule has 1 saturated heterocycles. The van der Waals surface area contributed by atoms with E-state index in [1.807, 2.05) is 0 Å². The maximum Gasteiger partial charge on any atom is 0.304 e. The van der Waals surface area contributed by atoms with Gasteiger partial charge in [0.05, 0.1) is 19.5 Å². The summed E-state index contributed by atoms with van der Waals surface area (Å²) < 4.78 is 0. The summed E-state index contributed by atoms with van der Waals surface area (Å²) in [6.07, 6.45) is -0.0689. The highest BCUT2D eigenvalue weighted by Crippen LogP contribution is 2.05. The van der Waals surface area contributed by atoms with E-state index in [9.17, 15) is 14.4 Å². The van der Waals surface area contributed by atoms with Crippen LogP contribution in [0.25, 0.3) is 0 Å². The van der Waals surface area contributed by atoms with Crippen LogP contribution < -0.4 is 5.32 Å². The minimum absolute atomic E-state index is 0.0689. The molecule has 1 aliphatic rings. The van der Waals surface area contributed by atoms with E-state index in [-0.39, 0.29) is 37.4 Å². The van der Waals surface area contributed by atoms with Gasteiger partial charge in [-0.15, -0.1) is 0 Å². The van der Waals surface area contributed by atoms with Crippen molar-refractivity contribution < 1.29 is 19.5 Å². The van der Waals surface area contributed by atoms with Crippen molar-refractivity contribution in [1.82, 2.24) is 10.2 Å². The van der Waals surface area contributed by atoms with Crippen LogP contribution in [0.15, 0.2) is 0 Å². The molecular formula is C8H12N2O4. The van der Waals surface area contributed by atoms with Crippen molar-refractivity contribution >= 4 is 17.8 Å². The van der Waals surface area contributed by atoms with Crippen LogP contribution in [0.2, 0.25) is 0 Å². The number of imide groups is 1. The Kier molecular flexibility index (Phi) is 3.19. The molecule has 1 unspecified atom stereocenters. The molecule has 14 heavy (non-hydrogen) atoms. The fourth-order valence-corrected chi connectivity index (χ4v) is 1.35. The Labute approximate surface area is 80.9 Å². The van der Waals surface area contributed by atoms with Crippen LogP contribution in [0.5, 0.6) is 0 Å². The van der Waals surface area contributed by atoms with E-state index in [1.165, 1.54) is 0 Å². The van der Waals surface area contributed by atoms with Crippen molar-refractivity contribution in [3.05, 3.63) is 0 Å². The SMILES string of the molecule is CC(CC(=O)O)N1CC(=O)NC(=O)C1. The Balaban J connectivity index is 2.54. The van der Waals surface area contributed by atoms with E-state index < -0.39 is 5.97 Å². The van der Waals surface area contributed by atoms with Crippen molar-refractivity contribution in [2.45, 2.75) is 19.4 Å². The number of nitrogens with zero attached hydrogens (tertiary/aromatic N) is 1. The van der Waals surface area contributed by atoms with Gasteiger partial charge in [-0.25, -0.2) is 0 Å². The Bertz CT molecular complexity index is 261. The summed E-state index contributed by atoms with van der Waals surface area (Å²) in [5.41, 5.74) is 0. The molecule has 6 nitrogen and oxygen atoms in total. The number of rotatable bonds is 3. The van der Waals surface area contributed by atoms with Gasteiger partial charge in [0, 0.05) is 6.04 Å². The van der Waals surface area contributed by atoms with Crippen molar-refractivity contribution in [1.29, 1.82) is 0 Å². The number of hydrogen-bond acceptors (Lipinski definition) is 4. The fourth-order valence-electron chi connectivity index (χ4n) is 1.35. The molecule has 1 rings (SSSR count). The summed E-state index contributed by atoms with van der Waals surface area (Å²) in [6, 6.07) is -0.303. The van der Waals surface area contributed by atoms with Crippen molar-refractivity contribution in [3.63, 3.8) is 0 Å². The van der Waals surface area contributed by atoms with Gasteiger partial charge in [-0.3, -0.25) is 24.6 Å². The van der Waals surface area contributed by atoms with E-state index >= 15 is 0 Å². The minimum atomic E-state index is -0.934. The Morgan fingerprint density at radius 3 is 2.43 bits per heavy atom. The second-order valence-corrected chi connectivity index (χ2v) is 3.32. The molecule has 2 amide bonds. The summed E-state index contributed by atoms with van der Waals surface area (Å²) in [6.45, 7) is 1.85. The zero-order valence-electron chi connectivity index (χ0n) is 7.82. The van der Waals surface area contributed by atoms with Crippen LogP contribution in [0, 0.1) is 0 Å². The van der Waals surface area contributed by atoms with Crippen LogP contribution in [0.3, 0.4) is 0 Å². The van der Waals surface area contributed by atoms with Gasteiger partial charge in [-0.2, -0.15) is 0 Å². The van der Waals surface area contributed by atoms with Crippen LogP contribution in [0.4, 0.5) is 0 Å². The molecule has 0 bridgehead atoms. The zero-order valence-corrected chi connectivity index (χ0v) is 7.82. The van der Waals surface area contributed by atoms with E-state index in [1.54, 1.807) is 11.8 Å². The largest absolute Gasteiger partial charge is 0.481 e. The predicted octanol–water partition coefficient (Wildman–Crippen LogP) is -1.19. The summed E-state index contributed by atoms with van der Waals surface area (Å²) in [5, 5.41) is 10.7. The van der Waals surface area contributed by atoms with Gasteiger partial charge in [0.1, 0.15) is 0 Å². The van der Waals surface area contributed by atoms with Gasteiger partial charge in [-0.1, -0.05) is 0 Å². The molecule has 0 saturated carbocycles. The van der Waals surface area contributed by atoms with Crippen molar-refractivity contribution in [3.8, 4) is 0 Å². The summed E-state index contributed by atoms with van der Waals surface area (Å²) in [5.74, 6) is -1.69. The molecule has 78 valence electrons. The molecule has 0 radical (unpaired) electrons. The van der Waals surface area contributed by atoms with Gasteiger partial charge in [0.25, 0.3) is 0 Å². The molecule has 0 aromatic rings. The number of hydrogen-bond donors (Lipinski definition) is 2. The fraction of sp³-hybridized carbons (Fsp3) is 0.625. The number of amides is 2. The maximum absolute atomic E-state index is 11.0. The standard InChI is InChI=1S/C8H12N2O4/c1-5(2-8(13)14)10-3-6(11)9-7(12)4-10/h5H,2-4H2,1H3,(H,13,14)(H,9,11,12). The van der Waals surface area contributed by atoms with E-state index in [0.717, 1.165) is 0 Å². The number of carbonyl (C=O) groups is 3. The molecule has 0 spiro atoms. The van der Waals surface area contributed by atoms with Crippen molar-refractivity contribution in [2.75, 3.05) is 13.1 Å². The third-order valence-corrected chi connectivity index (χ3v) is 2.07. The van der Waals surface area contributed by atoms with E-state index in [4.69, 9.17) is 5.11 Å². The number of carbonyl (C=O) groups excluding carboxylic acids is 2. The number of aliphatic carboxylic acids is 1. The van der Waals surface area contributed by atoms with Gasteiger partial charge >= 0.3 is 5.97 Å². The first-order valence-electron chi connectivity index (χ1n) is 4.27. The first-order valence-corrected chi connectivity index (χ1v) is 4.27. The van der Waals surface area contributed by atoms with Gasteiger partial charge in [-0.05, 0) is 6.92 Å². The van der Waals surface area contributed by atoms with Crippen LogP contribution in [-0.2, 0) is 14.4 Å². The molecule has 2 N–H and O–H groups in total. The lowest BCUT2D eigenvalue weighted by Gasteiger charge is -2.29. The molecule has 0 aromatic heterocycles. The normalized spacial score (nSPS) is 20.4. The lowest BCUT2D eigenvalue weighted by Crippen LogP contribution is -2.54. The van der Waals surface area contributed by atoms with Gasteiger partial charge < -0.3 is 5.11 Å². The molecule has 1 atom stereocenters. The third-order valence-electron chi connectivity index (χ3n) is 2.07. The maximum atomic E-state index is 11.0. The molecule has 1 heterocycles. The van der Waals surface area contributed by atoms with Gasteiger partial charge in [0.2, 0.25) is 11.8 Å². The highest BCUT2D eigenvalue weighted by Gasteiger charge is 2.26. The average Bonchev–Trinajstić information content (AvgIpc) is 2.00. The molecule has 1 aliphatic heterocycles. The summed E-state index contributed by atoms with van der Waals surface area (Å²) >= 11 is 0. The van der Waals surface area contributed by atoms with Gasteiger partial charge in [0.15, 0.2) is 0 Å². The quantitative estimate of drug-likeness (QED) is 0.559. The first-order chi connectivity index (χ1) is 6.49. The summed E-state index contributed by atoms with van der Waals surface area (Å²) in [4.78, 5) is 33.9. The summed E-state index contributed by atoms with van der Waals surface area (Å²) in [7, 11) is 0. The zero-order chi connectivity index (χ0) is 10.7. The second kappa shape index (κ2) is 4.19. The predicted molar refractivity (Wildman–Crippen MR) is 46.4 cm³/mol. The molecule has 6 heteroatoms. The van der Waals surface area contributed by atoms with Crippen molar-refractivity contribution in [2.24, 2.45) is 0 Å². The first kappa shape index (κ1) is 10.6. The number of carboxylic acid groups (broad SMARTS) is 1. The Morgan fingerprint density at radius 2 is 2.00 bits per heavy atom. The number of piperazine rings is 1. The number of carboxylic acids is 1. The lowest BCUT2D eigenvalue weighted by molar-refractivity contribution is -0.142. The average molecular weight is 200 g/mol. The monoisotopic (exact) mass is 200 g/mol. The molecular weight excluding hydrogens is 188 g/mol. The second-order valence-electron chi connectivity index (χ2n) is 3.32. The topological polar surface area (TPSA) is 86.7 Å². The highest BCUT2D eigenvalue weighted by molar-refractivity contribution is 5.99. The van der Waals surface area contributed by atoms with Crippen LogP contribution in [0.1, 0.15) is 13.3 Å². The van der Waals surface area contributed by atoms with Crippen LogP contribution in [-0.4, -0.2) is 46.9 Å². The smallest absolute Gasteiger partial charge is 0.304 e. The highest BCUT2D eigenvalue weighted by atomic mass is 16.4. The van der Waals surface area contributed by atoms with E-state index in [0.29, 0.717) is 0 Å². The van der Waals surface area contributed by atoms with Crippen LogP contribution >= 0.6 is 0 Å².